The summed E-state index contributed by atoms with van der Waals surface area (Å²) >= 11 is 0. The third kappa shape index (κ3) is 1.95. The molecule has 1 aliphatic rings. The summed E-state index contributed by atoms with van der Waals surface area (Å²) in [5, 5.41) is 16.5. The van der Waals surface area contributed by atoms with Gasteiger partial charge in [-0.05, 0) is 24.6 Å². The number of carbonyl (C=O) groups is 2. The van der Waals surface area contributed by atoms with E-state index in [4.69, 9.17) is 0 Å². The summed E-state index contributed by atoms with van der Waals surface area (Å²) in [4.78, 5) is 36.0. The fraction of sp³-hybridized carbons (Fsp3) is 0.0714. The molecular weight excluding hydrogens is 274 g/mol. The number of para-hydroxylation sites is 1. The normalized spacial score (nSPS) is 16.0. The predicted octanol–water partition coefficient (Wildman–Crippen LogP) is 0.935. The number of anilines is 1. The Labute approximate surface area is 118 Å². The maximum atomic E-state index is 12.4. The first-order valence-electron chi connectivity index (χ1n) is 6.16. The van der Waals surface area contributed by atoms with Crippen molar-refractivity contribution in [1.29, 1.82) is 0 Å². The Morgan fingerprint density at radius 1 is 1.14 bits per heavy atom. The lowest BCUT2D eigenvalue weighted by Gasteiger charge is -2.19. The van der Waals surface area contributed by atoms with Crippen molar-refractivity contribution in [3.05, 3.63) is 50.8 Å². The van der Waals surface area contributed by atoms with Crippen molar-refractivity contribution in [3.8, 4) is 5.88 Å². The fourth-order valence-corrected chi connectivity index (χ4v) is 2.22. The molecule has 3 rings (SSSR count). The second-order valence-corrected chi connectivity index (χ2v) is 4.68. The number of aromatic amines is 2. The van der Waals surface area contributed by atoms with Crippen LogP contribution in [0.2, 0.25) is 0 Å². The van der Waals surface area contributed by atoms with E-state index in [0.29, 0.717) is 11.3 Å². The molecular formula is C14H11N3O4. The Hall–Kier alpha value is -3.09. The number of ketones is 1. The maximum Gasteiger partial charge on any atom is 0.275 e. The predicted molar refractivity (Wildman–Crippen MR) is 75.2 cm³/mol. The van der Waals surface area contributed by atoms with Gasteiger partial charge in [-0.1, -0.05) is 12.1 Å². The second-order valence-electron chi connectivity index (χ2n) is 4.68. The monoisotopic (exact) mass is 285 g/mol. The molecule has 0 bridgehead atoms. The number of hydrogen-bond donors (Lipinski definition) is 4. The summed E-state index contributed by atoms with van der Waals surface area (Å²) in [6.07, 6.45) is 1.08. The first-order chi connectivity index (χ1) is 9.99. The number of carbonyl (C=O) groups excluding carboxylic acids is 2. The van der Waals surface area contributed by atoms with Gasteiger partial charge in [0.05, 0.1) is 11.3 Å². The van der Waals surface area contributed by atoms with Gasteiger partial charge in [0, 0.05) is 5.56 Å². The van der Waals surface area contributed by atoms with E-state index < -0.39 is 23.1 Å². The third-order valence-corrected chi connectivity index (χ3v) is 3.33. The molecule has 1 amide bonds. The zero-order chi connectivity index (χ0) is 15.1. The van der Waals surface area contributed by atoms with E-state index in [2.05, 4.69) is 15.5 Å². The van der Waals surface area contributed by atoms with Crippen LogP contribution < -0.4 is 10.9 Å². The van der Waals surface area contributed by atoms with Crippen LogP contribution in [0.3, 0.4) is 0 Å². The van der Waals surface area contributed by atoms with Gasteiger partial charge in [0.15, 0.2) is 0 Å². The fourth-order valence-electron chi connectivity index (χ4n) is 2.22. The minimum absolute atomic E-state index is 0.162. The number of rotatable bonds is 1. The van der Waals surface area contributed by atoms with Crippen molar-refractivity contribution < 1.29 is 14.7 Å². The summed E-state index contributed by atoms with van der Waals surface area (Å²) in [6.45, 7) is 1.78. The number of hydrogen-bond acceptors (Lipinski definition) is 4. The van der Waals surface area contributed by atoms with Crippen LogP contribution in [0.4, 0.5) is 5.69 Å². The van der Waals surface area contributed by atoms with Crippen molar-refractivity contribution in [2.45, 2.75) is 6.92 Å². The molecule has 106 valence electrons. The van der Waals surface area contributed by atoms with E-state index in [9.17, 15) is 19.5 Å². The molecule has 0 spiro atoms. The molecule has 0 atom stereocenters. The van der Waals surface area contributed by atoms with Crippen molar-refractivity contribution in [1.82, 2.24) is 10.2 Å². The lowest BCUT2D eigenvalue weighted by Crippen LogP contribution is -2.28. The van der Waals surface area contributed by atoms with Crippen LogP contribution in [-0.2, 0) is 4.79 Å². The summed E-state index contributed by atoms with van der Waals surface area (Å²) in [5.74, 6) is -1.53. The molecule has 21 heavy (non-hydrogen) atoms. The smallest absolute Gasteiger partial charge is 0.275 e. The van der Waals surface area contributed by atoms with Gasteiger partial charge in [0.1, 0.15) is 5.56 Å². The highest BCUT2D eigenvalue weighted by Crippen LogP contribution is 2.29. The first-order valence-corrected chi connectivity index (χ1v) is 6.16. The molecule has 1 aromatic carbocycles. The van der Waals surface area contributed by atoms with Crippen LogP contribution >= 0.6 is 0 Å². The highest BCUT2D eigenvalue weighted by Gasteiger charge is 2.29. The summed E-state index contributed by atoms with van der Waals surface area (Å²) in [6, 6.07) is 5.09. The number of nitrogens with one attached hydrogen (secondary N) is 3. The van der Waals surface area contributed by atoms with E-state index in [-0.39, 0.29) is 11.1 Å². The zero-order valence-electron chi connectivity index (χ0n) is 11.0. The van der Waals surface area contributed by atoms with Crippen LogP contribution in [0.1, 0.15) is 21.5 Å². The number of amides is 1. The third-order valence-electron chi connectivity index (χ3n) is 3.33. The first kappa shape index (κ1) is 12.9. The quantitative estimate of drug-likeness (QED) is 0.461. The molecule has 0 saturated carbocycles. The molecule has 4 N–H and O–H groups in total. The van der Waals surface area contributed by atoms with E-state index in [0.717, 1.165) is 11.6 Å². The largest absolute Gasteiger partial charge is 0.493 e. The molecule has 1 aliphatic heterocycles. The summed E-state index contributed by atoms with van der Waals surface area (Å²) < 4.78 is 0. The Morgan fingerprint density at radius 3 is 2.57 bits per heavy atom. The Morgan fingerprint density at radius 2 is 1.90 bits per heavy atom. The Bertz CT molecular complexity index is 857. The zero-order valence-corrected chi connectivity index (χ0v) is 11.0. The lowest BCUT2D eigenvalue weighted by molar-refractivity contribution is -0.112. The maximum absolute atomic E-state index is 12.4. The molecule has 2 aromatic rings. The second kappa shape index (κ2) is 4.48. The minimum atomic E-state index is -0.615. The molecule has 0 unspecified atom stereocenters. The average molecular weight is 285 g/mol. The van der Waals surface area contributed by atoms with Gasteiger partial charge >= 0.3 is 0 Å². The number of aryl methyl sites for hydroxylation is 1. The number of Topliss-reactive ketones (excluding diaryl/α,β-unsaturated/α-hetero) is 1. The molecule has 2 heterocycles. The van der Waals surface area contributed by atoms with E-state index in [1.165, 1.54) is 0 Å². The van der Waals surface area contributed by atoms with Gasteiger partial charge in [0.25, 0.3) is 11.5 Å². The molecule has 0 fully saturated rings. The van der Waals surface area contributed by atoms with E-state index >= 15 is 0 Å². The number of H-pyrrole nitrogens is 2. The van der Waals surface area contributed by atoms with Gasteiger partial charge in [-0.3, -0.25) is 24.6 Å². The lowest BCUT2D eigenvalue weighted by atomic mass is 9.93. The van der Waals surface area contributed by atoms with Crippen LogP contribution in [0.25, 0.3) is 6.08 Å². The molecule has 7 nitrogen and oxygen atoms in total. The van der Waals surface area contributed by atoms with E-state index in [1.807, 2.05) is 0 Å². The van der Waals surface area contributed by atoms with Crippen molar-refractivity contribution in [2.75, 3.05) is 5.32 Å². The minimum Gasteiger partial charge on any atom is -0.493 e. The number of aromatic nitrogens is 2. The Balaban J connectivity index is 2.16. The van der Waals surface area contributed by atoms with Gasteiger partial charge in [0.2, 0.25) is 11.7 Å². The molecule has 0 aliphatic carbocycles. The molecule has 0 saturated heterocycles. The molecule has 0 radical (unpaired) electrons. The van der Waals surface area contributed by atoms with Gasteiger partial charge < -0.3 is 10.4 Å². The van der Waals surface area contributed by atoms with Gasteiger partial charge in [-0.15, -0.1) is 0 Å². The molecule has 7 heteroatoms. The SMILES string of the molecule is Cc1cccc2c1NC(=O)C(=Cc1c(O)[nH][nH]c1=O)C2=O. The highest BCUT2D eigenvalue weighted by atomic mass is 16.3. The topological polar surface area (TPSA) is 115 Å². The van der Waals surface area contributed by atoms with Crippen LogP contribution in [0, 0.1) is 6.92 Å². The number of fused-ring (bicyclic) bond motifs is 1. The van der Waals surface area contributed by atoms with Gasteiger partial charge in [-0.2, -0.15) is 0 Å². The summed E-state index contributed by atoms with van der Waals surface area (Å²) in [7, 11) is 0. The number of benzene rings is 1. The summed E-state index contributed by atoms with van der Waals surface area (Å²) in [5.41, 5.74) is 0.619. The van der Waals surface area contributed by atoms with Crippen LogP contribution in [-0.4, -0.2) is 27.0 Å². The van der Waals surface area contributed by atoms with Crippen LogP contribution in [0.5, 0.6) is 5.88 Å². The van der Waals surface area contributed by atoms with E-state index in [1.54, 1.807) is 25.1 Å². The number of aromatic hydroxyl groups is 1. The van der Waals surface area contributed by atoms with Gasteiger partial charge in [-0.25, -0.2) is 0 Å². The van der Waals surface area contributed by atoms with Crippen LogP contribution in [0.15, 0.2) is 28.6 Å². The standard InChI is InChI=1S/C14H11N3O4/c1-6-3-2-4-7-10(6)15-12(19)8(11(7)18)5-9-13(20)16-17-14(9)21/h2-5H,1H3,(H,15,19)(H3,16,17,20,21). The average Bonchev–Trinajstić information content (AvgIpc) is 2.76. The van der Waals surface area contributed by atoms with Crippen molar-refractivity contribution in [2.24, 2.45) is 0 Å². The molecule has 1 aromatic heterocycles. The van der Waals surface area contributed by atoms with Crippen molar-refractivity contribution >= 4 is 23.5 Å². The highest BCUT2D eigenvalue weighted by molar-refractivity contribution is 6.36. The van der Waals surface area contributed by atoms with Crippen molar-refractivity contribution in [3.63, 3.8) is 0 Å². The Kier molecular flexibility index (Phi) is 2.76.